The van der Waals surface area contributed by atoms with Gasteiger partial charge in [-0.05, 0) is 18.3 Å². The molecule has 0 saturated heterocycles. The second-order valence-corrected chi connectivity index (χ2v) is 4.66. The van der Waals surface area contributed by atoms with Gasteiger partial charge in [-0.15, -0.1) is 0 Å². The lowest BCUT2D eigenvalue weighted by molar-refractivity contribution is -0.117. The van der Waals surface area contributed by atoms with E-state index < -0.39 is 0 Å². The lowest BCUT2D eigenvalue weighted by Crippen LogP contribution is -2.15. The maximum atomic E-state index is 11.2. The van der Waals surface area contributed by atoms with Crippen molar-refractivity contribution >= 4 is 17.5 Å². The van der Waals surface area contributed by atoms with E-state index in [9.17, 15) is 4.79 Å². The van der Waals surface area contributed by atoms with Crippen LogP contribution in [0.2, 0.25) is 0 Å². The molecule has 13 heavy (non-hydrogen) atoms. The van der Waals surface area contributed by atoms with Crippen LogP contribution in [0.5, 0.6) is 0 Å². The normalized spacial score (nSPS) is 28.2. The fraction of sp³-hybridized carbons (Fsp3) is 0.667. The number of rotatable bonds is 2. The van der Waals surface area contributed by atoms with Crippen LogP contribution in [0.1, 0.15) is 31.9 Å². The lowest BCUT2D eigenvalue weighted by Gasteiger charge is -2.20. The molecule has 0 bridgehead atoms. The summed E-state index contributed by atoms with van der Waals surface area (Å²) in [5.41, 5.74) is 1.18. The van der Waals surface area contributed by atoms with Gasteiger partial charge >= 0.3 is 0 Å². The third-order valence-corrected chi connectivity index (χ3v) is 3.16. The number of hydrogen-bond donors (Lipinski definition) is 0. The summed E-state index contributed by atoms with van der Waals surface area (Å²) in [6, 6.07) is 0. The number of carbonyl (C=O) groups excluding carboxylic acids is 1. The molecule has 1 saturated carbocycles. The topological polar surface area (TPSA) is 42.9 Å². The molecule has 3 nitrogen and oxygen atoms in total. The van der Waals surface area contributed by atoms with Crippen molar-refractivity contribution in [2.75, 3.05) is 0 Å². The highest BCUT2D eigenvalue weighted by Gasteiger charge is 2.34. The molecule has 1 unspecified atom stereocenters. The zero-order valence-electron chi connectivity index (χ0n) is 7.62. The molecule has 1 aromatic heterocycles. The quantitative estimate of drug-likeness (QED) is 0.725. The van der Waals surface area contributed by atoms with Crippen molar-refractivity contribution in [1.82, 2.24) is 8.75 Å². The zero-order chi connectivity index (χ0) is 9.31. The number of ketones is 1. The average Bonchev–Trinajstić information content (AvgIpc) is 2.62. The molecule has 0 spiro atoms. The van der Waals surface area contributed by atoms with Crippen molar-refractivity contribution in [2.24, 2.45) is 5.41 Å². The first-order valence-electron chi connectivity index (χ1n) is 4.46. The molecule has 1 heterocycles. The third-order valence-electron chi connectivity index (χ3n) is 2.65. The van der Waals surface area contributed by atoms with Gasteiger partial charge in [-0.1, -0.05) is 6.92 Å². The Morgan fingerprint density at radius 3 is 3.08 bits per heavy atom. The van der Waals surface area contributed by atoms with Crippen LogP contribution in [0.15, 0.2) is 6.20 Å². The molecule has 0 aliphatic heterocycles. The number of carbonyl (C=O) groups is 1. The SMILES string of the molecule is CC1(Cc2cnsn2)CCC(=O)C1. The van der Waals surface area contributed by atoms with Crippen molar-refractivity contribution in [1.29, 1.82) is 0 Å². The molecule has 4 heteroatoms. The molecule has 0 radical (unpaired) electrons. The molecule has 1 fully saturated rings. The van der Waals surface area contributed by atoms with Gasteiger partial charge in [-0.3, -0.25) is 4.79 Å². The fourth-order valence-corrected chi connectivity index (χ4v) is 2.38. The highest BCUT2D eigenvalue weighted by molar-refractivity contribution is 6.99. The summed E-state index contributed by atoms with van der Waals surface area (Å²) >= 11 is 1.24. The maximum absolute atomic E-state index is 11.2. The van der Waals surface area contributed by atoms with Gasteiger partial charge in [-0.2, -0.15) is 8.75 Å². The van der Waals surface area contributed by atoms with E-state index in [1.165, 1.54) is 11.7 Å². The summed E-state index contributed by atoms with van der Waals surface area (Å²) in [5.74, 6) is 0.394. The summed E-state index contributed by atoms with van der Waals surface area (Å²) in [6.45, 7) is 2.16. The van der Waals surface area contributed by atoms with Gasteiger partial charge in [0, 0.05) is 12.8 Å². The minimum atomic E-state index is 0.146. The Morgan fingerprint density at radius 1 is 1.69 bits per heavy atom. The average molecular weight is 196 g/mol. The van der Waals surface area contributed by atoms with Crippen molar-refractivity contribution in [3.63, 3.8) is 0 Å². The van der Waals surface area contributed by atoms with Crippen LogP contribution in [0.4, 0.5) is 0 Å². The smallest absolute Gasteiger partial charge is 0.133 e. The van der Waals surface area contributed by atoms with Gasteiger partial charge in [0.25, 0.3) is 0 Å². The van der Waals surface area contributed by atoms with Crippen LogP contribution in [0.3, 0.4) is 0 Å². The summed E-state index contributed by atoms with van der Waals surface area (Å²) in [5, 5.41) is 0. The highest BCUT2D eigenvalue weighted by atomic mass is 32.1. The summed E-state index contributed by atoms with van der Waals surface area (Å²) in [7, 11) is 0. The molecule has 0 N–H and O–H groups in total. The number of hydrogen-bond acceptors (Lipinski definition) is 4. The first-order chi connectivity index (χ1) is 6.18. The second kappa shape index (κ2) is 3.18. The van der Waals surface area contributed by atoms with Crippen LogP contribution >= 0.6 is 11.7 Å². The van der Waals surface area contributed by atoms with E-state index in [0.717, 1.165) is 25.0 Å². The third kappa shape index (κ3) is 1.94. The first kappa shape index (κ1) is 8.81. The fourth-order valence-electron chi connectivity index (χ4n) is 1.94. The van der Waals surface area contributed by atoms with Gasteiger partial charge in [0.2, 0.25) is 0 Å². The molecule has 1 aromatic rings. The van der Waals surface area contributed by atoms with Gasteiger partial charge in [0.05, 0.1) is 23.6 Å². The standard InChI is InChI=1S/C9H12N2OS/c1-9(3-2-8(12)5-9)4-7-6-10-13-11-7/h6H,2-5H2,1H3. The predicted octanol–water partition coefficient (Wildman–Crippen LogP) is 1.84. The monoisotopic (exact) mass is 196 g/mol. The van der Waals surface area contributed by atoms with E-state index in [4.69, 9.17) is 0 Å². The summed E-state index contributed by atoms with van der Waals surface area (Å²) in [4.78, 5) is 11.2. The highest BCUT2D eigenvalue weighted by Crippen LogP contribution is 2.38. The number of aromatic nitrogens is 2. The molecule has 1 aliphatic carbocycles. The van der Waals surface area contributed by atoms with Gasteiger partial charge in [-0.25, -0.2) is 0 Å². The Kier molecular flexibility index (Phi) is 2.15. The Balaban J connectivity index is 2.05. The van der Waals surface area contributed by atoms with E-state index in [0.29, 0.717) is 12.2 Å². The minimum absolute atomic E-state index is 0.146. The van der Waals surface area contributed by atoms with Crippen molar-refractivity contribution in [3.05, 3.63) is 11.9 Å². The van der Waals surface area contributed by atoms with E-state index in [-0.39, 0.29) is 5.41 Å². The first-order valence-corrected chi connectivity index (χ1v) is 5.19. The lowest BCUT2D eigenvalue weighted by atomic mass is 9.84. The van der Waals surface area contributed by atoms with Gasteiger partial charge in [0.1, 0.15) is 5.78 Å². The molecule has 0 aromatic carbocycles. The molecule has 0 amide bonds. The van der Waals surface area contributed by atoms with E-state index in [1.807, 2.05) is 0 Å². The van der Waals surface area contributed by atoms with E-state index in [2.05, 4.69) is 15.7 Å². The summed E-state index contributed by atoms with van der Waals surface area (Å²) < 4.78 is 8.13. The van der Waals surface area contributed by atoms with Crippen molar-refractivity contribution in [3.8, 4) is 0 Å². The van der Waals surface area contributed by atoms with Crippen LogP contribution in [-0.4, -0.2) is 14.5 Å². The van der Waals surface area contributed by atoms with Gasteiger partial charge < -0.3 is 0 Å². The zero-order valence-corrected chi connectivity index (χ0v) is 8.43. The van der Waals surface area contributed by atoms with Crippen molar-refractivity contribution < 1.29 is 4.79 Å². The predicted molar refractivity (Wildman–Crippen MR) is 50.6 cm³/mol. The van der Waals surface area contributed by atoms with Crippen LogP contribution in [-0.2, 0) is 11.2 Å². The Labute approximate surface area is 81.5 Å². The number of Topliss-reactive ketones (excluding diaryl/α,β-unsaturated/α-hetero) is 1. The van der Waals surface area contributed by atoms with Crippen LogP contribution in [0, 0.1) is 5.41 Å². The largest absolute Gasteiger partial charge is 0.300 e. The molecule has 1 aliphatic rings. The van der Waals surface area contributed by atoms with Crippen LogP contribution < -0.4 is 0 Å². The Bertz CT molecular complexity index is 309. The molecule has 2 rings (SSSR count). The molecule has 1 atom stereocenters. The molecular formula is C9H12N2OS. The van der Waals surface area contributed by atoms with E-state index >= 15 is 0 Å². The number of nitrogens with zero attached hydrogens (tertiary/aromatic N) is 2. The Morgan fingerprint density at radius 2 is 2.54 bits per heavy atom. The van der Waals surface area contributed by atoms with Gasteiger partial charge in [0.15, 0.2) is 0 Å². The van der Waals surface area contributed by atoms with Crippen LogP contribution in [0.25, 0.3) is 0 Å². The maximum Gasteiger partial charge on any atom is 0.133 e. The molecule has 70 valence electrons. The minimum Gasteiger partial charge on any atom is -0.300 e. The summed E-state index contributed by atoms with van der Waals surface area (Å²) in [6.07, 6.45) is 5.16. The Hall–Kier alpha value is -0.770. The second-order valence-electron chi connectivity index (χ2n) is 4.10. The molecular weight excluding hydrogens is 184 g/mol. The van der Waals surface area contributed by atoms with E-state index in [1.54, 1.807) is 6.20 Å². The van der Waals surface area contributed by atoms with Crippen molar-refractivity contribution in [2.45, 2.75) is 32.6 Å².